The van der Waals surface area contributed by atoms with Crippen LogP contribution in [0.1, 0.15) is 0 Å². The third-order valence-electron chi connectivity index (χ3n) is 1.93. The number of nitrogens with zero attached hydrogens (tertiary/aromatic N) is 4. The lowest BCUT2D eigenvalue weighted by atomic mass is 10.3. The minimum absolute atomic E-state index is 0.197. The third-order valence-corrected chi connectivity index (χ3v) is 2.10. The van der Waals surface area contributed by atoms with E-state index in [1.54, 1.807) is 0 Å². The molecular formula is C9H5ClFN5O3. The van der Waals surface area contributed by atoms with Crippen molar-refractivity contribution in [3.8, 4) is 11.8 Å². The highest BCUT2D eigenvalue weighted by molar-refractivity contribution is 6.28. The second-order valence-corrected chi connectivity index (χ2v) is 3.56. The Hall–Kier alpha value is -2.55. The normalized spacial score (nSPS) is 10.2. The van der Waals surface area contributed by atoms with Gasteiger partial charge in [-0.2, -0.15) is 15.0 Å². The van der Waals surface area contributed by atoms with E-state index in [1.165, 1.54) is 0 Å². The van der Waals surface area contributed by atoms with Crippen molar-refractivity contribution in [3.05, 3.63) is 39.4 Å². The van der Waals surface area contributed by atoms with Crippen LogP contribution in [0.5, 0.6) is 11.8 Å². The molecule has 2 N–H and O–H groups in total. The molecule has 0 aliphatic heterocycles. The summed E-state index contributed by atoms with van der Waals surface area (Å²) < 4.78 is 18.5. The summed E-state index contributed by atoms with van der Waals surface area (Å²) in [6, 6.07) is 2.54. The number of aromatic nitrogens is 3. The summed E-state index contributed by atoms with van der Waals surface area (Å²) in [5.74, 6) is -1.44. The van der Waals surface area contributed by atoms with Crippen LogP contribution >= 0.6 is 11.6 Å². The van der Waals surface area contributed by atoms with E-state index in [2.05, 4.69) is 15.0 Å². The van der Waals surface area contributed by atoms with Gasteiger partial charge in [-0.3, -0.25) is 10.1 Å². The molecule has 0 atom stereocenters. The van der Waals surface area contributed by atoms with Gasteiger partial charge in [0.2, 0.25) is 11.2 Å². The molecule has 19 heavy (non-hydrogen) atoms. The molecule has 0 aliphatic rings. The van der Waals surface area contributed by atoms with E-state index in [9.17, 15) is 14.5 Å². The van der Waals surface area contributed by atoms with Gasteiger partial charge in [-0.15, -0.1) is 0 Å². The number of ether oxygens (including phenoxy) is 1. The van der Waals surface area contributed by atoms with Gasteiger partial charge in [-0.1, -0.05) is 0 Å². The SMILES string of the molecule is Nc1nc(Cl)nc(Oc2ccc([N+](=O)[O-])cc2F)n1. The summed E-state index contributed by atoms with van der Waals surface area (Å²) in [6.45, 7) is 0. The predicted octanol–water partition coefficient (Wildman–Crippen LogP) is 1.95. The van der Waals surface area contributed by atoms with E-state index in [0.717, 1.165) is 12.1 Å². The van der Waals surface area contributed by atoms with Crippen LogP contribution in [-0.2, 0) is 0 Å². The molecule has 0 saturated carbocycles. The Bertz CT molecular complexity index is 633. The van der Waals surface area contributed by atoms with E-state index in [4.69, 9.17) is 22.1 Å². The van der Waals surface area contributed by atoms with Crippen molar-refractivity contribution in [2.75, 3.05) is 5.73 Å². The molecule has 8 nitrogen and oxygen atoms in total. The molecule has 0 bridgehead atoms. The predicted molar refractivity (Wildman–Crippen MR) is 62.4 cm³/mol. The van der Waals surface area contributed by atoms with E-state index < -0.39 is 16.4 Å². The lowest BCUT2D eigenvalue weighted by Gasteiger charge is -2.05. The molecule has 2 aromatic rings. The smallest absolute Gasteiger partial charge is 0.328 e. The van der Waals surface area contributed by atoms with Gasteiger partial charge in [-0.05, 0) is 17.7 Å². The number of nitro groups is 1. The second-order valence-electron chi connectivity index (χ2n) is 3.22. The van der Waals surface area contributed by atoms with Crippen LogP contribution in [0, 0.1) is 15.9 Å². The molecule has 10 heteroatoms. The fraction of sp³-hybridized carbons (Fsp3) is 0. The molecule has 1 heterocycles. The number of hydrogen-bond acceptors (Lipinski definition) is 7. The molecule has 0 aliphatic carbocycles. The number of rotatable bonds is 3. The lowest BCUT2D eigenvalue weighted by Crippen LogP contribution is -2.01. The van der Waals surface area contributed by atoms with Gasteiger partial charge in [-0.25, -0.2) is 4.39 Å². The van der Waals surface area contributed by atoms with Crippen molar-refractivity contribution in [2.24, 2.45) is 0 Å². The summed E-state index contributed by atoms with van der Waals surface area (Å²) >= 11 is 5.52. The van der Waals surface area contributed by atoms with Gasteiger partial charge in [0.1, 0.15) is 0 Å². The van der Waals surface area contributed by atoms with Crippen molar-refractivity contribution >= 4 is 23.2 Å². The van der Waals surface area contributed by atoms with Crippen LogP contribution in [0.2, 0.25) is 5.28 Å². The minimum Gasteiger partial charge on any atom is -0.421 e. The molecule has 0 unspecified atom stereocenters. The Morgan fingerprint density at radius 3 is 2.68 bits per heavy atom. The maximum atomic E-state index is 13.5. The first kappa shape index (κ1) is 12.9. The Morgan fingerprint density at radius 1 is 1.37 bits per heavy atom. The first-order chi connectivity index (χ1) is 8.95. The number of benzene rings is 1. The number of nitrogen functional groups attached to an aromatic ring is 1. The van der Waals surface area contributed by atoms with Gasteiger partial charge < -0.3 is 10.5 Å². The van der Waals surface area contributed by atoms with Crippen molar-refractivity contribution in [1.82, 2.24) is 15.0 Å². The summed E-state index contributed by atoms with van der Waals surface area (Å²) in [6.07, 6.45) is 0. The molecule has 0 fully saturated rings. The summed E-state index contributed by atoms with van der Waals surface area (Å²) in [5, 5.41) is 10.2. The van der Waals surface area contributed by atoms with Crippen molar-refractivity contribution in [2.45, 2.75) is 0 Å². The molecule has 2 rings (SSSR count). The zero-order valence-corrected chi connectivity index (χ0v) is 9.83. The Kier molecular flexibility index (Phi) is 3.38. The molecule has 0 saturated heterocycles. The monoisotopic (exact) mass is 285 g/mol. The minimum atomic E-state index is -0.940. The van der Waals surface area contributed by atoms with E-state index in [-0.39, 0.29) is 23.0 Å². The van der Waals surface area contributed by atoms with E-state index in [1.807, 2.05) is 0 Å². The largest absolute Gasteiger partial charge is 0.421 e. The number of anilines is 1. The number of non-ortho nitro benzene ring substituents is 1. The highest BCUT2D eigenvalue weighted by atomic mass is 35.5. The summed E-state index contributed by atoms with van der Waals surface area (Å²) in [7, 11) is 0. The quantitative estimate of drug-likeness (QED) is 0.676. The van der Waals surface area contributed by atoms with Crippen LogP contribution < -0.4 is 10.5 Å². The Balaban J connectivity index is 2.30. The standard InChI is InChI=1S/C9H5ClFN5O3/c10-7-13-8(12)15-9(14-7)19-6-2-1-4(16(17)18)3-5(6)11/h1-3H,(H2,12,13,14,15). The molecule has 0 spiro atoms. The average molecular weight is 286 g/mol. The molecule has 0 amide bonds. The fourth-order valence-corrected chi connectivity index (χ4v) is 1.34. The molecular weight excluding hydrogens is 281 g/mol. The number of halogens is 2. The lowest BCUT2D eigenvalue weighted by molar-refractivity contribution is -0.385. The summed E-state index contributed by atoms with van der Waals surface area (Å²) in [4.78, 5) is 20.3. The van der Waals surface area contributed by atoms with Crippen LogP contribution in [0.15, 0.2) is 18.2 Å². The van der Waals surface area contributed by atoms with Crippen molar-refractivity contribution < 1.29 is 14.1 Å². The van der Waals surface area contributed by atoms with Crippen LogP contribution in [0.4, 0.5) is 16.0 Å². The van der Waals surface area contributed by atoms with Gasteiger partial charge in [0.15, 0.2) is 11.6 Å². The topological polar surface area (TPSA) is 117 Å². The van der Waals surface area contributed by atoms with Gasteiger partial charge in [0.05, 0.1) is 11.0 Å². The maximum Gasteiger partial charge on any atom is 0.328 e. The average Bonchev–Trinajstić information content (AvgIpc) is 2.30. The first-order valence-corrected chi connectivity index (χ1v) is 5.12. The molecule has 0 radical (unpaired) electrons. The summed E-state index contributed by atoms with van der Waals surface area (Å²) in [5.41, 5.74) is 4.90. The second kappa shape index (κ2) is 4.98. The van der Waals surface area contributed by atoms with E-state index in [0.29, 0.717) is 6.07 Å². The van der Waals surface area contributed by atoms with Gasteiger partial charge in [0.25, 0.3) is 5.69 Å². The molecule has 1 aromatic heterocycles. The van der Waals surface area contributed by atoms with Crippen LogP contribution in [-0.4, -0.2) is 19.9 Å². The highest BCUT2D eigenvalue weighted by Crippen LogP contribution is 2.26. The fourth-order valence-electron chi connectivity index (χ4n) is 1.18. The van der Waals surface area contributed by atoms with Crippen molar-refractivity contribution in [3.63, 3.8) is 0 Å². The van der Waals surface area contributed by atoms with Crippen LogP contribution in [0.25, 0.3) is 0 Å². The highest BCUT2D eigenvalue weighted by Gasteiger charge is 2.14. The van der Waals surface area contributed by atoms with Gasteiger partial charge >= 0.3 is 6.01 Å². The maximum absolute atomic E-state index is 13.5. The zero-order valence-electron chi connectivity index (χ0n) is 9.08. The van der Waals surface area contributed by atoms with Gasteiger partial charge in [0, 0.05) is 6.07 Å². The third kappa shape index (κ3) is 3.01. The number of nitrogens with two attached hydrogens (primary N) is 1. The molecule has 98 valence electrons. The van der Waals surface area contributed by atoms with Crippen LogP contribution in [0.3, 0.4) is 0 Å². The number of hydrogen-bond donors (Lipinski definition) is 1. The zero-order chi connectivity index (χ0) is 14.0. The van der Waals surface area contributed by atoms with E-state index >= 15 is 0 Å². The Labute approximate surface area is 110 Å². The number of nitro benzene ring substituents is 1. The Morgan fingerprint density at radius 2 is 2.11 bits per heavy atom. The first-order valence-electron chi connectivity index (χ1n) is 4.74. The molecule has 1 aromatic carbocycles. The van der Waals surface area contributed by atoms with Crippen molar-refractivity contribution in [1.29, 1.82) is 0 Å².